The Kier molecular flexibility index (Phi) is 6.42. The lowest BCUT2D eigenvalue weighted by Gasteiger charge is -2.15. The molecule has 2 amide bonds. The first-order valence-corrected chi connectivity index (χ1v) is 7.43. The molecule has 2 aromatic rings. The summed E-state index contributed by atoms with van der Waals surface area (Å²) in [6.45, 7) is -1.66. The highest BCUT2D eigenvalue weighted by Gasteiger charge is 2.17. The molecule has 0 aliphatic carbocycles. The van der Waals surface area contributed by atoms with E-state index in [4.69, 9.17) is 4.74 Å². The predicted molar refractivity (Wildman–Crippen MR) is 85.2 cm³/mol. The molecule has 138 valence electrons. The first kappa shape index (κ1) is 19.1. The van der Waals surface area contributed by atoms with Crippen molar-refractivity contribution in [2.24, 2.45) is 0 Å². The maximum Gasteiger partial charge on any atom is 0.387 e. The first-order chi connectivity index (χ1) is 12.4. The van der Waals surface area contributed by atoms with Crippen LogP contribution in [0.3, 0.4) is 0 Å². The minimum Gasteiger partial charge on any atom is -0.478 e. The van der Waals surface area contributed by atoms with Gasteiger partial charge in [-0.05, 0) is 37.3 Å². The molecule has 2 N–H and O–H groups in total. The van der Waals surface area contributed by atoms with Crippen LogP contribution in [0.15, 0.2) is 48.5 Å². The number of hydrazine groups is 1. The molecular formula is C17H15F3N2O4. The quantitative estimate of drug-likeness (QED) is 0.769. The van der Waals surface area contributed by atoms with Crippen LogP contribution < -0.4 is 20.3 Å². The van der Waals surface area contributed by atoms with Crippen molar-refractivity contribution < 1.29 is 32.2 Å². The van der Waals surface area contributed by atoms with Gasteiger partial charge in [0.1, 0.15) is 5.75 Å². The topological polar surface area (TPSA) is 76.7 Å². The number of hydrogen-bond donors (Lipinski definition) is 2. The van der Waals surface area contributed by atoms with Gasteiger partial charge in [0.2, 0.25) is 0 Å². The number of benzene rings is 2. The summed E-state index contributed by atoms with van der Waals surface area (Å²) in [5.41, 5.74) is 4.20. The van der Waals surface area contributed by atoms with E-state index in [2.05, 4.69) is 15.6 Å². The zero-order valence-electron chi connectivity index (χ0n) is 13.5. The first-order valence-electron chi connectivity index (χ1n) is 7.43. The monoisotopic (exact) mass is 368 g/mol. The van der Waals surface area contributed by atoms with Crippen LogP contribution in [-0.4, -0.2) is 24.5 Å². The molecule has 1 atom stereocenters. The van der Waals surface area contributed by atoms with E-state index in [1.165, 1.54) is 43.3 Å². The van der Waals surface area contributed by atoms with Crippen LogP contribution in [-0.2, 0) is 4.79 Å². The number of carbonyl (C=O) groups is 2. The third-order valence-electron chi connectivity index (χ3n) is 3.13. The highest BCUT2D eigenvalue weighted by atomic mass is 19.3. The van der Waals surface area contributed by atoms with E-state index in [0.717, 1.165) is 6.07 Å². The average Bonchev–Trinajstić information content (AvgIpc) is 2.61. The fourth-order valence-electron chi connectivity index (χ4n) is 1.89. The van der Waals surface area contributed by atoms with Crippen LogP contribution in [0, 0.1) is 5.82 Å². The van der Waals surface area contributed by atoms with Crippen LogP contribution in [0.1, 0.15) is 17.3 Å². The Morgan fingerprint density at radius 2 is 1.73 bits per heavy atom. The van der Waals surface area contributed by atoms with Crippen molar-refractivity contribution in [1.82, 2.24) is 10.9 Å². The predicted octanol–water partition coefficient (Wildman–Crippen LogP) is 2.66. The number of rotatable bonds is 6. The van der Waals surface area contributed by atoms with Gasteiger partial charge in [0.15, 0.2) is 17.7 Å². The molecule has 0 saturated carbocycles. The Bertz CT molecular complexity index is 786. The molecule has 0 bridgehead atoms. The summed E-state index contributed by atoms with van der Waals surface area (Å²) in [6, 6.07) is 10.6. The second-order valence-corrected chi connectivity index (χ2v) is 5.04. The number of hydrogen-bond acceptors (Lipinski definition) is 4. The minimum atomic E-state index is -3.02. The number of carbonyl (C=O) groups excluding carboxylic acids is 2. The van der Waals surface area contributed by atoms with Crippen LogP contribution >= 0.6 is 0 Å². The summed E-state index contributed by atoms with van der Waals surface area (Å²) in [4.78, 5) is 23.9. The van der Waals surface area contributed by atoms with Gasteiger partial charge < -0.3 is 9.47 Å². The molecular weight excluding hydrogens is 353 g/mol. The number of para-hydroxylation sites is 1. The van der Waals surface area contributed by atoms with Crippen molar-refractivity contribution in [2.75, 3.05) is 0 Å². The molecule has 0 radical (unpaired) electrons. The molecule has 0 aliphatic rings. The molecule has 9 heteroatoms. The Balaban J connectivity index is 1.90. The summed E-state index contributed by atoms with van der Waals surface area (Å²) < 4.78 is 47.2. The van der Waals surface area contributed by atoms with Crippen LogP contribution in [0.4, 0.5) is 13.2 Å². The average molecular weight is 368 g/mol. The van der Waals surface area contributed by atoms with E-state index in [-0.39, 0.29) is 17.1 Å². The van der Waals surface area contributed by atoms with E-state index < -0.39 is 30.3 Å². The number of amides is 2. The molecule has 0 spiro atoms. The highest BCUT2D eigenvalue weighted by molar-refractivity contribution is 5.96. The molecule has 0 fully saturated rings. The van der Waals surface area contributed by atoms with Gasteiger partial charge in [0.25, 0.3) is 11.8 Å². The molecule has 1 unspecified atom stereocenters. The van der Waals surface area contributed by atoms with E-state index in [0.29, 0.717) is 0 Å². The third-order valence-corrected chi connectivity index (χ3v) is 3.13. The van der Waals surface area contributed by atoms with Crippen molar-refractivity contribution in [2.45, 2.75) is 19.6 Å². The molecule has 6 nitrogen and oxygen atoms in total. The maximum atomic E-state index is 13.5. The van der Waals surface area contributed by atoms with Crippen LogP contribution in [0.2, 0.25) is 0 Å². The second kappa shape index (κ2) is 8.75. The smallest absolute Gasteiger partial charge is 0.387 e. The largest absolute Gasteiger partial charge is 0.478 e. The van der Waals surface area contributed by atoms with Crippen molar-refractivity contribution in [1.29, 1.82) is 0 Å². The standard InChI is InChI=1S/C17H15F3N2O4/c1-10(25-14-8-3-2-7-13(14)18)15(23)21-22-16(24)11-5-4-6-12(9-11)26-17(19)20/h2-10,17H,1H3,(H,21,23)(H,22,24). The Labute approximate surface area is 146 Å². The Morgan fingerprint density at radius 1 is 1.00 bits per heavy atom. The van der Waals surface area contributed by atoms with Crippen molar-refractivity contribution >= 4 is 11.8 Å². The maximum absolute atomic E-state index is 13.5. The minimum absolute atomic E-state index is 0.00822. The van der Waals surface area contributed by atoms with E-state index in [9.17, 15) is 22.8 Å². The van der Waals surface area contributed by atoms with Crippen molar-refractivity contribution in [3.8, 4) is 11.5 Å². The van der Waals surface area contributed by atoms with Gasteiger partial charge in [-0.1, -0.05) is 18.2 Å². The summed E-state index contributed by atoms with van der Waals surface area (Å²) in [5, 5.41) is 0. The second-order valence-electron chi connectivity index (χ2n) is 5.04. The fourth-order valence-corrected chi connectivity index (χ4v) is 1.89. The van der Waals surface area contributed by atoms with Gasteiger partial charge in [0.05, 0.1) is 0 Å². The molecule has 0 aromatic heterocycles. The lowest BCUT2D eigenvalue weighted by Crippen LogP contribution is -2.47. The van der Waals surface area contributed by atoms with Crippen LogP contribution in [0.25, 0.3) is 0 Å². The highest BCUT2D eigenvalue weighted by Crippen LogP contribution is 2.17. The normalized spacial score (nSPS) is 11.6. The number of ether oxygens (including phenoxy) is 2. The zero-order valence-corrected chi connectivity index (χ0v) is 13.5. The van der Waals surface area contributed by atoms with Gasteiger partial charge in [-0.2, -0.15) is 8.78 Å². The summed E-state index contributed by atoms with van der Waals surface area (Å²) in [7, 11) is 0. The third kappa shape index (κ3) is 5.40. The molecule has 0 saturated heterocycles. The molecule has 0 aliphatic heterocycles. The SMILES string of the molecule is CC(Oc1ccccc1F)C(=O)NNC(=O)c1cccc(OC(F)F)c1. The van der Waals surface area contributed by atoms with Gasteiger partial charge in [-0.3, -0.25) is 20.4 Å². The summed E-state index contributed by atoms with van der Waals surface area (Å²) in [5.74, 6) is -2.43. The molecule has 26 heavy (non-hydrogen) atoms. The zero-order chi connectivity index (χ0) is 19.1. The van der Waals surface area contributed by atoms with E-state index in [1.54, 1.807) is 6.07 Å². The lowest BCUT2D eigenvalue weighted by atomic mass is 10.2. The summed E-state index contributed by atoms with van der Waals surface area (Å²) in [6.07, 6.45) is -1.10. The number of halogens is 3. The molecule has 2 aromatic carbocycles. The lowest BCUT2D eigenvalue weighted by molar-refractivity contribution is -0.128. The molecule has 2 rings (SSSR count). The van der Waals surface area contributed by atoms with Gasteiger partial charge >= 0.3 is 6.61 Å². The van der Waals surface area contributed by atoms with E-state index >= 15 is 0 Å². The molecule has 0 heterocycles. The van der Waals surface area contributed by atoms with E-state index in [1.807, 2.05) is 0 Å². The number of nitrogens with one attached hydrogen (secondary N) is 2. The van der Waals surface area contributed by atoms with Gasteiger partial charge in [-0.25, -0.2) is 4.39 Å². The van der Waals surface area contributed by atoms with Gasteiger partial charge in [-0.15, -0.1) is 0 Å². The van der Waals surface area contributed by atoms with Crippen LogP contribution in [0.5, 0.6) is 11.5 Å². The Hall–Kier alpha value is -3.23. The Morgan fingerprint density at radius 3 is 2.42 bits per heavy atom. The fraction of sp³-hybridized carbons (Fsp3) is 0.176. The summed E-state index contributed by atoms with van der Waals surface area (Å²) >= 11 is 0. The number of alkyl halides is 2. The van der Waals surface area contributed by atoms with Gasteiger partial charge in [0, 0.05) is 5.56 Å². The van der Waals surface area contributed by atoms with Crippen molar-refractivity contribution in [3.63, 3.8) is 0 Å². The van der Waals surface area contributed by atoms with Crippen molar-refractivity contribution in [3.05, 3.63) is 59.9 Å².